The molecule has 0 saturated carbocycles. The van der Waals surface area contributed by atoms with Crippen LogP contribution in [-0.2, 0) is 18.1 Å². The van der Waals surface area contributed by atoms with E-state index in [1.165, 1.54) is 0 Å². The molecule has 5 nitrogen and oxygen atoms in total. The number of hydrogen-bond acceptors (Lipinski definition) is 4. The maximum atomic E-state index is 9.25. The van der Waals surface area contributed by atoms with Crippen LogP contribution < -0.4 is 5.46 Å². The van der Waals surface area contributed by atoms with Gasteiger partial charge in [0.2, 0.25) is 0 Å². The van der Waals surface area contributed by atoms with Gasteiger partial charge >= 0.3 is 7.12 Å². The Morgan fingerprint density at radius 2 is 1.91 bits per heavy atom. The Kier molecular flexibility index (Phi) is 4.24. The highest BCUT2D eigenvalue weighted by Crippen LogP contribution is 2.17. The van der Waals surface area contributed by atoms with Crippen molar-refractivity contribution in [2.75, 3.05) is 0 Å². The molecule has 0 aliphatic heterocycles. The quantitative estimate of drug-likeness (QED) is 0.694. The molecule has 1 aromatic heterocycles. The first-order valence-electron chi connectivity index (χ1n) is 7.10. The van der Waals surface area contributed by atoms with E-state index < -0.39 is 7.12 Å². The molecule has 0 atom stereocenters. The summed E-state index contributed by atoms with van der Waals surface area (Å²) in [5, 5.41) is 23.9. The van der Waals surface area contributed by atoms with Gasteiger partial charge in [0.1, 0.15) is 6.73 Å². The smallest absolute Gasteiger partial charge is 0.423 e. The monoisotopic (exact) mass is 296 g/mol. The highest BCUT2D eigenvalue weighted by atomic mass is 16.5. The normalized spacial score (nSPS) is 11.0. The Labute approximate surface area is 128 Å². The van der Waals surface area contributed by atoms with Crippen molar-refractivity contribution < 1.29 is 14.8 Å². The van der Waals surface area contributed by atoms with Crippen molar-refractivity contribution in [1.29, 1.82) is 0 Å². The van der Waals surface area contributed by atoms with E-state index in [-0.39, 0.29) is 0 Å². The van der Waals surface area contributed by atoms with Gasteiger partial charge in [-0.15, -0.1) is 0 Å². The molecule has 2 N–H and O–H groups in total. The molecule has 2 aromatic carbocycles. The van der Waals surface area contributed by atoms with Gasteiger partial charge in [0.05, 0.1) is 17.8 Å². The average molecular weight is 296 g/mol. The SMILES string of the molecule is Cc1nn(COCc2ccccc2)c2ccc(B(O)O)cc12. The fraction of sp³-hybridized carbons (Fsp3) is 0.188. The van der Waals surface area contributed by atoms with Crippen molar-refractivity contribution in [3.05, 3.63) is 59.8 Å². The van der Waals surface area contributed by atoms with Crippen LogP contribution in [0.1, 0.15) is 11.3 Å². The van der Waals surface area contributed by atoms with Crippen molar-refractivity contribution >= 4 is 23.5 Å². The third-order valence-corrected chi connectivity index (χ3v) is 3.58. The zero-order valence-electron chi connectivity index (χ0n) is 12.3. The van der Waals surface area contributed by atoms with Gasteiger partial charge in [-0.25, -0.2) is 4.68 Å². The number of aromatic nitrogens is 2. The molecule has 3 rings (SSSR count). The Bertz CT molecular complexity index is 772. The number of nitrogens with zero attached hydrogens (tertiary/aromatic N) is 2. The van der Waals surface area contributed by atoms with E-state index >= 15 is 0 Å². The van der Waals surface area contributed by atoms with Crippen LogP contribution in [0.2, 0.25) is 0 Å². The van der Waals surface area contributed by atoms with Gasteiger partial charge in [-0.1, -0.05) is 42.5 Å². The maximum absolute atomic E-state index is 9.25. The molecule has 0 spiro atoms. The van der Waals surface area contributed by atoms with E-state index in [0.29, 0.717) is 18.8 Å². The van der Waals surface area contributed by atoms with Crippen LogP contribution in [0, 0.1) is 6.92 Å². The summed E-state index contributed by atoms with van der Waals surface area (Å²) in [5.74, 6) is 0. The molecular weight excluding hydrogens is 279 g/mol. The van der Waals surface area contributed by atoms with E-state index in [1.807, 2.05) is 43.3 Å². The predicted molar refractivity (Wildman–Crippen MR) is 85.5 cm³/mol. The van der Waals surface area contributed by atoms with Gasteiger partial charge in [0, 0.05) is 5.39 Å². The molecule has 112 valence electrons. The number of ether oxygens (including phenoxy) is 1. The van der Waals surface area contributed by atoms with Crippen LogP contribution in [0.3, 0.4) is 0 Å². The van der Waals surface area contributed by atoms with Crippen molar-refractivity contribution in [2.24, 2.45) is 0 Å². The van der Waals surface area contributed by atoms with E-state index in [0.717, 1.165) is 22.2 Å². The summed E-state index contributed by atoms with van der Waals surface area (Å²) in [6.07, 6.45) is 0. The van der Waals surface area contributed by atoms with E-state index in [9.17, 15) is 10.0 Å². The number of benzene rings is 2. The Balaban J connectivity index is 1.77. The van der Waals surface area contributed by atoms with Crippen LogP contribution in [0.15, 0.2) is 48.5 Å². The molecule has 0 aliphatic rings. The number of fused-ring (bicyclic) bond motifs is 1. The lowest BCUT2D eigenvalue weighted by atomic mass is 9.80. The molecule has 0 saturated heterocycles. The van der Waals surface area contributed by atoms with Gasteiger partial charge in [-0.3, -0.25) is 0 Å². The lowest BCUT2D eigenvalue weighted by Crippen LogP contribution is -2.29. The maximum Gasteiger partial charge on any atom is 0.488 e. The highest BCUT2D eigenvalue weighted by molar-refractivity contribution is 6.58. The Morgan fingerprint density at radius 1 is 1.14 bits per heavy atom. The van der Waals surface area contributed by atoms with Crippen LogP contribution in [-0.4, -0.2) is 26.9 Å². The molecule has 1 heterocycles. The summed E-state index contributed by atoms with van der Waals surface area (Å²) in [7, 11) is -1.47. The van der Waals surface area contributed by atoms with Crippen LogP contribution >= 0.6 is 0 Å². The number of rotatable bonds is 5. The average Bonchev–Trinajstić information content (AvgIpc) is 2.84. The first kappa shape index (κ1) is 14.8. The van der Waals surface area contributed by atoms with Gasteiger partial charge in [-0.2, -0.15) is 5.10 Å². The molecule has 0 radical (unpaired) electrons. The van der Waals surface area contributed by atoms with Gasteiger partial charge in [-0.05, 0) is 24.0 Å². The summed E-state index contributed by atoms with van der Waals surface area (Å²) in [4.78, 5) is 0. The first-order valence-corrected chi connectivity index (χ1v) is 7.10. The molecular formula is C16H17BN2O3. The van der Waals surface area contributed by atoms with Crippen LogP contribution in [0.4, 0.5) is 0 Å². The Hall–Kier alpha value is -2.15. The predicted octanol–water partition coefficient (Wildman–Crippen LogP) is 1.20. The van der Waals surface area contributed by atoms with E-state index in [4.69, 9.17) is 4.74 Å². The topological polar surface area (TPSA) is 67.5 Å². The summed E-state index contributed by atoms with van der Waals surface area (Å²) in [5.41, 5.74) is 3.32. The molecule has 0 bridgehead atoms. The minimum atomic E-state index is -1.47. The van der Waals surface area contributed by atoms with Crippen molar-refractivity contribution in [1.82, 2.24) is 9.78 Å². The lowest BCUT2D eigenvalue weighted by molar-refractivity contribution is 0.0588. The molecule has 3 aromatic rings. The molecule has 6 heteroatoms. The fourth-order valence-electron chi connectivity index (χ4n) is 2.44. The number of hydrogen-bond donors (Lipinski definition) is 2. The summed E-state index contributed by atoms with van der Waals surface area (Å²) in [6, 6.07) is 15.2. The van der Waals surface area contributed by atoms with E-state index in [2.05, 4.69) is 5.10 Å². The Morgan fingerprint density at radius 3 is 2.64 bits per heavy atom. The summed E-state index contributed by atoms with van der Waals surface area (Å²) in [6.45, 7) is 2.76. The second-order valence-corrected chi connectivity index (χ2v) is 5.20. The standard InChI is InChI=1S/C16H17BN2O3/c1-12-15-9-14(17(20)21)7-8-16(15)19(18-12)11-22-10-13-5-3-2-4-6-13/h2-9,20-21H,10-11H2,1H3. The second kappa shape index (κ2) is 6.31. The minimum Gasteiger partial charge on any atom is -0.423 e. The third-order valence-electron chi connectivity index (χ3n) is 3.58. The lowest BCUT2D eigenvalue weighted by Gasteiger charge is -2.06. The first-order chi connectivity index (χ1) is 10.6. The molecule has 22 heavy (non-hydrogen) atoms. The molecule has 0 fully saturated rings. The van der Waals surface area contributed by atoms with Crippen molar-refractivity contribution in [2.45, 2.75) is 20.3 Å². The largest absolute Gasteiger partial charge is 0.488 e. The number of aryl methyl sites for hydroxylation is 1. The minimum absolute atomic E-state index is 0.347. The highest BCUT2D eigenvalue weighted by Gasteiger charge is 2.14. The van der Waals surface area contributed by atoms with Crippen molar-refractivity contribution in [3.63, 3.8) is 0 Å². The summed E-state index contributed by atoms with van der Waals surface area (Å²) < 4.78 is 7.49. The van der Waals surface area contributed by atoms with Gasteiger partial charge in [0.25, 0.3) is 0 Å². The molecule has 0 unspecified atom stereocenters. The zero-order chi connectivity index (χ0) is 15.5. The molecule has 0 aliphatic carbocycles. The van der Waals surface area contributed by atoms with Crippen molar-refractivity contribution in [3.8, 4) is 0 Å². The fourth-order valence-corrected chi connectivity index (χ4v) is 2.44. The second-order valence-electron chi connectivity index (χ2n) is 5.20. The molecule has 0 amide bonds. The van der Waals surface area contributed by atoms with Crippen LogP contribution in [0.25, 0.3) is 10.9 Å². The zero-order valence-corrected chi connectivity index (χ0v) is 12.3. The van der Waals surface area contributed by atoms with E-state index in [1.54, 1.807) is 16.8 Å². The van der Waals surface area contributed by atoms with Gasteiger partial charge in [0.15, 0.2) is 0 Å². The van der Waals surface area contributed by atoms with Crippen LogP contribution in [0.5, 0.6) is 0 Å². The van der Waals surface area contributed by atoms with Gasteiger partial charge < -0.3 is 14.8 Å². The third kappa shape index (κ3) is 3.04. The summed E-state index contributed by atoms with van der Waals surface area (Å²) >= 11 is 0.